The lowest BCUT2D eigenvalue weighted by Crippen LogP contribution is -2.26. The molecule has 1 aliphatic rings. The number of rotatable bonds is 5. The van der Waals surface area contributed by atoms with Crippen LogP contribution >= 0.6 is 0 Å². The zero-order chi connectivity index (χ0) is 25.6. The molecule has 0 radical (unpaired) electrons. The summed E-state index contributed by atoms with van der Waals surface area (Å²) in [7, 11) is 0. The van der Waals surface area contributed by atoms with Crippen LogP contribution in [0.25, 0.3) is 28.2 Å². The van der Waals surface area contributed by atoms with E-state index in [0.29, 0.717) is 0 Å². The monoisotopic (exact) mass is 472 g/mol. The molecule has 4 aromatic rings. The summed E-state index contributed by atoms with van der Waals surface area (Å²) >= 11 is 0. The first-order valence-electron chi connectivity index (χ1n) is 12.9. The largest absolute Gasteiger partial charge is 0.317 e. The average Bonchev–Trinajstić information content (AvgIpc) is 3.20. The second-order valence-electron chi connectivity index (χ2n) is 11.0. The van der Waals surface area contributed by atoms with Gasteiger partial charge in [0.25, 0.3) is 0 Å². The Hall–Kier alpha value is -3.65. The van der Waals surface area contributed by atoms with Crippen molar-refractivity contribution in [3.8, 4) is 22.6 Å². The summed E-state index contributed by atoms with van der Waals surface area (Å²) in [5.41, 5.74) is 12.5. The first kappa shape index (κ1) is 24.1. The molecule has 0 saturated carbocycles. The minimum atomic E-state index is 0.0379. The third kappa shape index (κ3) is 4.15. The van der Waals surface area contributed by atoms with Crippen LogP contribution < -0.4 is 0 Å². The standard InChI is InChI=1S/C34H36N2/c1-8-26(27-18-22(2)17-23(3)19-27)20-25(5)36-32-29-15-11-12-16-30(29)34(6,7)21-31(32)35-33(36)28-14-10-9-13-24(28)4/h8-20,25H,1,21H2,2-7H3/b26-20+. The highest BCUT2D eigenvalue weighted by Gasteiger charge is 2.36. The van der Waals surface area contributed by atoms with Crippen molar-refractivity contribution in [2.45, 2.75) is 59.4 Å². The third-order valence-corrected chi connectivity index (χ3v) is 7.49. The van der Waals surface area contributed by atoms with Gasteiger partial charge >= 0.3 is 0 Å². The van der Waals surface area contributed by atoms with Gasteiger partial charge in [0.05, 0.1) is 17.4 Å². The van der Waals surface area contributed by atoms with Gasteiger partial charge in [0.2, 0.25) is 0 Å². The van der Waals surface area contributed by atoms with E-state index < -0.39 is 0 Å². The van der Waals surface area contributed by atoms with Gasteiger partial charge in [-0.25, -0.2) is 4.98 Å². The summed E-state index contributed by atoms with van der Waals surface area (Å²) in [6.07, 6.45) is 5.25. The molecule has 0 saturated heterocycles. The molecule has 1 aliphatic carbocycles. The quantitative estimate of drug-likeness (QED) is 0.265. The van der Waals surface area contributed by atoms with E-state index in [1.54, 1.807) is 0 Å². The fourth-order valence-corrected chi connectivity index (χ4v) is 5.85. The second-order valence-corrected chi connectivity index (χ2v) is 11.0. The smallest absolute Gasteiger partial charge is 0.141 e. The normalized spacial score (nSPS) is 15.2. The van der Waals surface area contributed by atoms with Crippen molar-refractivity contribution < 1.29 is 0 Å². The fraction of sp³-hybridized carbons (Fsp3) is 0.265. The number of allylic oxidation sites excluding steroid dienone is 3. The highest BCUT2D eigenvalue weighted by Crippen LogP contribution is 2.46. The van der Waals surface area contributed by atoms with Crippen LogP contribution in [0.2, 0.25) is 0 Å². The minimum Gasteiger partial charge on any atom is -0.317 e. The van der Waals surface area contributed by atoms with Crippen molar-refractivity contribution in [1.29, 1.82) is 0 Å². The van der Waals surface area contributed by atoms with Gasteiger partial charge in [-0.1, -0.05) is 110 Å². The van der Waals surface area contributed by atoms with Gasteiger partial charge in [0.15, 0.2) is 0 Å². The predicted octanol–water partition coefficient (Wildman–Crippen LogP) is 8.81. The molecule has 182 valence electrons. The van der Waals surface area contributed by atoms with E-state index in [1.807, 2.05) is 6.08 Å². The van der Waals surface area contributed by atoms with Gasteiger partial charge in [0, 0.05) is 17.5 Å². The Bertz CT molecular complexity index is 1480. The van der Waals surface area contributed by atoms with E-state index in [4.69, 9.17) is 4.98 Å². The number of fused-ring (bicyclic) bond motifs is 3. The van der Waals surface area contributed by atoms with Crippen LogP contribution in [0.3, 0.4) is 0 Å². The van der Waals surface area contributed by atoms with E-state index in [9.17, 15) is 0 Å². The zero-order valence-electron chi connectivity index (χ0n) is 22.4. The second kappa shape index (κ2) is 9.09. The molecule has 0 aliphatic heterocycles. The summed E-state index contributed by atoms with van der Waals surface area (Å²) in [5, 5.41) is 0. The lowest BCUT2D eigenvalue weighted by Gasteiger charge is -2.33. The predicted molar refractivity (Wildman–Crippen MR) is 153 cm³/mol. The lowest BCUT2D eigenvalue weighted by atomic mass is 9.73. The molecule has 36 heavy (non-hydrogen) atoms. The molecule has 1 atom stereocenters. The maximum absolute atomic E-state index is 5.34. The number of imidazole rings is 1. The maximum Gasteiger partial charge on any atom is 0.141 e. The third-order valence-electron chi connectivity index (χ3n) is 7.49. The Kier molecular flexibility index (Phi) is 6.08. The van der Waals surface area contributed by atoms with Crippen LogP contribution in [0.1, 0.15) is 60.3 Å². The summed E-state index contributed by atoms with van der Waals surface area (Å²) in [5.74, 6) is 1.04. The molecule has 3 aromatic carbocycles. The van der Waals surface area contributed by atoms with E-state index >= 15 is 0 Å². The van der Waals surface area contributed by atoms with Crippen LogP contribution in [-0.4, -0.2) is 9.55 Å². The molecule has 0 spiro atoms. The SMILES string of the molecule is C=C/C(=C\C(C)n1c(-c2ccccc2C)nc2c1-c1ccccc1C(C)(C)C2)c1cc(C)cc(C)c1. The highest BCUT2D eigenvalue weighted by atomic mass is 15.1. The van der Waals surface area contributed by atoms with Gasteiger partial charge in [-0.3, -0.25) is 0 Å². The molecule has 0 N–H and O–H groups in total. The van der Waals surface area contributed by atoms with Gasteiger partial charge in [0.1, 0.15) is 5.82 Å². The number of aryl methyl sites for hydroxylation is 3. The number of hydrogen-bond donors (Lipinski definition) is 0. The van der Waals surface area contributed by atoms with Gasteiger partial charge < -0.3 is 4.57 Å². The van der Waals surface area contributed by atoms with Crippen molar-refractivity contribution >= 4 is 5.57 Å². The van der Waals surface area contributed by atoms with Gasteiger partial charge in [-0.2, -0.15) is 0 Å². The number of nitrogens with zero attached hydrogens (tertiary/aromatic N) is 2. The van der Waals surface area contributed by atoms with Gasteiger partial charge in [-0.05, 0) is 55.4 Å². The Labute approximate surface area is 216 Å². The molecule has 1 aromatic heterocycles. The van der Waals surface area contributed by atoms with Crippen LogP contribution in [0.15, 0.2) is 85.5 Å². The molecule has 1 unspecified atom stereocenters. The first-order valence-corrected chi connectivity index (χ1v) is 12.9. The maximum atomic E-state index is 5.34. The molecular weight excluding hydrogens is 436 g/mol. The Balaban J connectivity index is 1.76. The Morgan fingerprint density at radius 3 is 2.25 bits per heavy atom. The molecule has 0 fully saturated rings. The van der Waals surface area contributed by atoms with Crippen molar-refractivity contribution in [3.63, 3.8) is 0 Å². The van der Waals surface area contributed by atoms with Crippen molar-refractivity contribution in [2.75, 3.05) is 0 Å². The van der Waals surface area contributed by atoms with Crippen molar-refractivity contribution in [3.05, 3.63) is 119 Å². The zero-order valence-corrected chi connectivity index (χ0v) is 22.4. The van der Waals surface area contributed by atoms with Crippen LogP contribution in [-0.2, 0) is 11.8 Å². The summed E-state index contributed by atoms with van der Waals surface area (Å²) in [6, 6.07) is 24.3. The number of aromatic nitrogens is 2. The van der Waals surface area contributed by atoms with Crippen molar-refractivity contribution in [1.82, 2.24) is 9.55 Å². The van der Waals surface area contributed by atoms with E-state index in [-0.39, 0.29) is 11.5 Å². The molecule has 0 amide bonds. The fourth-order valence-electron chi connectivity index (χ4n) is 5.85. The summed E-state index contributed by atoms with van der Waals surface area (Å²) in [4.78, 5) is 5.34. The summed E-state index contributed by atoms with van der Waals surface area (Å²) < 4.78 is 2.46. The topological polar surface area (TPSA) is 17.8 Å². The molecule has 2 nitrogen and oxygen atoms in total. The molecule has 0 bridgehead atoms. The molecule has 2 heteroatoms. The minimum absolute atomic E-state index is 0.0379. The van der Waals surface area contributed by atoms with Gasteiger partial charge in [-0.15, -0.1) is 0 Å². The Morgan fingerprint density at radius 2 is 1.58 bits per heavy atom. The van der Waals surface area contributed by atoms with E-state index in [2.05, 4.69) is 125 Å². The number of benzene rings is 3. The van der Waals surface area contributed by atoms with Crippen LogP contribution in [0.4, 0.5) is 0 Å². The molecule has 1 heterocycles. The molecular formula is C34H36N2. The van der Waals surface area contributed by atoms with Crippen LogP contribution in [0.5, 0.6) is 0 Å². The van der Waals surface area contributed by atoms with Crippen molar-refractivity contribution in [2.24, 2.45) is 0 Å². The first-order chi connectivity index (χ1) is 17.2. The lowest BCUT2D eigenvalue weighted by molar-refractivity contribution is 0.508. The van der Waals surface area contributed by atoms with E-state index in [1.165, 1.54) is 50.3 Å². The highest BCUT2D eigenvalue weighted by molar-refractivity contribution is 5.78. The van der Waals surface area contributed by atoms with E-state index in [0.717, 1.165) is 17.8 Å². The average molecular weight is 473 g/mol. The number of hydrogen-bond acceptors (Lipinski definition) is 1. The molecule has 5 rings (SSSR count). The van der Waals surface area contributed by atoms with Crippen LogP contribution in [0, 0.1) is 20.8 Å². The summed E-state index contributed by atoms with van der Waals surface area (Å²) in [6.45, 7) is 17.6. The Morgan fingerprint density at radius 1 is 0.944 bits per heavy atom.